The van der Waals surface area contributed by atoms with Gasteiger partial charge >= 0.3 is 0 Å². The average Bonchev–Trinajstić information content (AvgIpc) is 2.95. The average molecular weight is 573 g/mol. The van der Waals surface area contributed by atoms with Gasteiger partial charge in [0.25, 0.3) is 0 Å². The molecule has 0 saturated heterocycles. The first-order valence-electron chi connectivity index (χ1n) is 14.0. The Morgan fingerprint density at radius 2 is 1.02 bits per heavy atom. The van der Waals surface area contributed by atoms with E-state index in [0.717, 1.165) is 27.8 Å². The fourth-order valence-electron chi connectivity index (χ4n) is 3.73. The molecule has 0 amide bonds. The molecular weight excluding hydrogens is 528 g/mol. The fourth-order valence-corrected chi connectivity index (χ4v) is 3.73. The van der Waals surface area contributed by atoms with E-state index in [9.17, 15) is 9.59 Å². The molecule has 0 bridgehead atoms. The van der Waals surface area contributed by atoms with E-state index >= 15 is 0 Å². The molecule has 0 aliphatic heterocycles. The molecule has 0 atom stereocenters. The predicted octanol–water partition coefficient (Wildman–Crippen LogP) is 8.23. The standard InChI is InChI=1S/C36H44O6/c1-25(2)9-14-30(31(37)15-10-28-12-17-33(35(23-28)39-7)41-21-19-26(3)4)32(38)16-11-29-13-18-34(36(24-29)40-8)42-22-20-27(5)6/h9-13,15-20,23-24,30H,14,21-22H2,1-8H3. The molecule has 6 nitrogen and oxygen atoms in total. The van der Waals surface area contributed by atoms with Crippen LogP contribution in [0.1, 0.15) is 59.1 Å². The van der Waals surface area contributed by atoms with Crippen molar-refractivity contribution in [2.45, 2.75) is 48.0 Å². The number of rotatable bonds is 16. The number of carbonyl (C=O) groups excluding carboxylic acids is 2. The molecule has 0 N–H and O–H groups in total. The van der Waals surface area contributed by atoms with Crippen LogP contribution in [0.25, 0.3) is 12.2 Å². The van der Waals surface area contributed by atoms with Crippen molar-refractivity contribution in [1.29, 1.82) is 0 Å². The van der Waals surface area contributed by atoms with Crippen molar-refractivity contribution in [2.24, 2.45) is 5.92 Å². The van der Waals surface area contributed by atoms with E-state index in [1.54, 1.807) is 38.5 Å². The third-order valence-electron chi connectivity index (χ3n) is 6.16. The Labute approximate surface area is 251 Å². The van der Waals surface area contributed by atoms with Crippen molar-refractivity contribution in [3.8, 4) is 23.0 Å². The van der Waals surface area contributed by atoms with E-state index in [1.807, 2.05) is 84.0 Å². The summed E-state index contributed by atoms with van der Waals surface area (Å²) in [6.45, 7) is 12.8. The maximum Gasteiger partial charge on any atom is 0.166 e. The molecule has 0 heterocycles. The molecule has 0 radical (unpaired) electrons. The first-order chi connectivity index (χ1) is 20.0. The number of carbonyl (C=O) groups is 2. The highest BCUT2D eigenvalue weighted by molar-refractivity contribution is 6.13. The zero-order valence-electron chi connectivity index (χ0n) is 26.2. The number of ketones is 2. The van der Waals surface area contributed by atoms with Crippen LogP contribution >= 0.6 is 0 Å². The highest BCUT2D eigenvalue weighted by Crippen LogP contribution is 2.30. The summed E-state index contributed by atoms with van der Waals surface area (Å²) >= 11 is 0. The number of hydrogen-bond donors (Lipinski definition) is 0. The quantitative estimate of drug-likeness (QED) is 0.115. The van der Waals surface area contributed by atoms with Crippen LogP contribution in [0, 0.1) is 5.92 Å². The summed E-state index contributed by atoms with van der Waals surface area (Å²) in [5, 5.41) is 0. The van der Waals surface area contributed by atoms with Crippen molar-refractivity contribution in [2.75, 3.05) is 27.4 Å². The summed E-state index contributed by atoms with van der Waals surface area (Å²) in [4.78, 5) is 26.5. The zero-order chi connectivity index (χ0) is 31.1. The lowest BCUT2D eigenvalue weighted by Crippen LogP contribution is -2.20. The molecule has 224 valence electrons. The van der Waals surface area contributed by atoms with Crippen LogP contribution < -0.4 is 18.9 Å². The Hall–Kier alpha value is -4.32. The van der Waals surface area contributed by atoms with Crippen molar-refractivity contribution in [3.05, 3.63) is 94.6 Å². The topological polar surface area (TPSA) is 71.1 Å². The minimum atomic E-state index is -0.838. The minimum Gasteiger partial charge on any atom is -0.493 e. The SMILES string of the molecule is COc1cc(C=CC(=O)C(CC=C(C)C)C(=O)C=Cc2ccc(OCC=C(C)C)c(OC)c2)ccc1OCC=C(C)C. The number of ether oxygens (including phenoxy) is 4. The third kappa shape index (κ3) is 11.7. The molecule has 0 aromatic heterocycles. The minimum absolute atomic E-state index is 0.273. The second kappa shape index (κ2) is 17.5. The molecule has 0 unspecified atom stereocenters. The summed E-state index contributed by atoms with van der Waals surface area (Å²) in [6, 6.07) is 10.9. The van der Waals surface area contributed by atoms with Crippen LogP contribution in [-0.4, -0.2) is 39.0 Å². The monoisotopic (exact) mass is 572 g/mol. The van der Waals surface area contributed by atoms with Crippen molar-refractivity contribution in [1.82, 2.24) is 0 Å². The Kier molecular flexibility index (Phi) is 14.1. The second-order valence-electron chi connectivity index (χ2n) is 10.5. The van der Waals surface area contributed by atoms with E-state index in [2.05, 4.69) is 0 Å². The predicted molar refractivity (Wildman–Crippen MR) is 171 cm³/mol. The molecule has 0 aliphatic rings. The largest absolute Gasteiger partial charge is 0.493 e. The van der Waals surface area contributed by atoms with Crippen molar-refractivity contribution < 1.29 is 28.5 Å². The molecule has 0 saturated carbocycles. The van der Waals surface area contributed by atoms with E-state index in [0.29, 0.717) is 42.6 Å². The highest BCUT2D eigenvalue weighted by atomic mass is 16.5. The summed E-state index contributed by atoms with van der Waals surface area (Å²) < 4.78 is 22.5. The summed E-state index contributed by atoms with van der Waals surface area (Å²) in [5.41, 5.74) is 4.89. The van der Waals surface area contributed by atoms with Crippen LogP contribution in [0.2, 0.25) is 0 Å². The van der Waals surface area contributed by atoms with Gasteiger partial charge in [0.15, 0.2) is 34.6 Å². The number of methoxy groups -OCH3 is 2. The van der Waals surface area contributed by atoms with Gasteiger partial charge in [-0.3, -0.25) is 9.59 Å². The smallest absolute Gasteiger partial charge is 0.166 e. The maximum atomic E-state index is 13.2. The molecule has 0 fully saturated rings. The lowest BCUT2D eigenvalue weighted by atomic mass is 9.92. The van der Waals surface area contributed by atoms with Gasteiger partial charge in [-0.1, -0.05) is 47.1 Å². The normalized spacial score (nSPS) is 11.5. The lowest BCUT2D eigenvalue weighted by Gasteiger charge is -2.11. The van der Waals surface area contributed by atoms with Gasteiger partial charge in [-0.05, 0) is 108 Å². The first kappa shape index (κ1) is 33.9. The van der Waals surface area contributed by atoms with Gasteiger partial charge in [0, 0.05) is 0 Å². The van der Waals surface area contributed by atoms with Crippen molar-refractivity contribution in [3.63, 3.8) is 0 Å². The second-order valence-corrected chi connectivity index (χ2v) is 10.5. The Balaban J connectivity index is 2.20. The number of benzene rings is 2. The van der Waals surface area contributed by atoms with Crippen LogP contribution in [0.5, 0.6) is 23.0 Å². The van der Waals surface area contributed by atoms with Gasteiger partial charge in [0.1, 0.15) is 13.2 Å². The molecule has 2 aromatic rings. The fraction of sp³-hybridized carbons (Fsp3) is 0.333. The van der Waals surface area contributed by atoms with Gasteiger partial charge in [0.05, 0.1) is 20.1 Å². The first-order valence-corrected chi connectivity index (χ1v) is 14.0. The Morgan fingerprint density at radius 1 is 0.619 bits per heavy atom. The van der Waals surface area contributed by atoms with Crippen LogP contribution in [0.4, 0.5) is 0 Å². The Bertz CT molecular complexity index is 1270. The summed E-state index contributed by atoms with van der Waals surface area (Å²) in [5.74, 6) is 0.978. The van der Waals surface area contributed by atoms with Crippen LogP contribution in [0.15, 0.2) is 83.5 Å². The number of hydrogen-bond acceptors (Lipinski definition) is 6. The number of allylic oxidation sites excluding steroid dienone is 6. The summed E-state index contributed by atoms with van der Waals surface area (Å²) in [6.07, 6.45) is 12.5. The van der Waals surface area contributed by atoms with Gasteiger partial charge < -0.3 is 18.9 Å². The van der Waals surface area contributed by atoms with Crippen LogP contribution in [-0.2, 0) is 9.59 Å². The van der Waals surface area contributed by atoms with Gasteiger partial charge in [0.2, 0.25) is 0 Å². The van der Waals surface area contributed by atoms with E-state index < -0.39 is 5.92 Å². The van der Waals surface area contributed by atoms with E-state index in [4.69, 9.17) is 18.9 Å². The van der Waals surface area contributed by atoms with Crippen LogP contribution in [0.3, 0.4) is 0 Å². The lowest BCUT2D eigenvalue weighted by molar-refractivity contribution is -0.127. The van der Waals surface area contributed by atoms with E-state index in [-0.39, 0.29) is 11.6 Å². The highest BCUT2D eigenvalue weighted by Gasteiger charge is 2.21. The molecule has 6 heteroatoms. The van der Waals surface area contributed by atoms with Gasteiger partial charge in [-0.2, -0.15) is 0 Å². The van der Waals surface area contributed by atoms with Gasteiger partial charge in [-0.25, -0.2) is 0 Å². The maximum absolute atomic E-state index is 13.2. The molecular formula is C36H44O6. The zero-order valence-corrected chi connectivity index (χ0v) is 26.2. The molecule has 2 rings (SSSR count). The third-order valence-corrected chi connectivity index (χ3v) is 6.16. The van der Waals surface area contributed by atoms with Crippen molar-refractivity contribution >= 4 is 23.7 Å². The Morgan fingerprint density at radius 3 is 1.38 bits per heavy atom. The van der Waals surface area contributed by atoms with Gasteiger partial charge in [-0.15, -0.1) is 0 Å². The molecule has 0 aliphatic carbocycles. The molecule has 0 spiro atoms. The molecule has 42 heavy (non-hydrogen) atoms. The molecule has 2 aromatic carbocycles. The summed E-state index contributed by atoms with van der Waals surface area (Å²) in [7, 11) is 3.14. The van der Waals surface area contributed by atoms with E-state index in [1.165, 1.54) is 12.2 Å².